The Morgan fingerprint density at radius 2 is 1.76 bits per heavy atom. The van der Waals surface area contributed by atoms with E-state index in [2.05, 4.69) is 0 Å². The topological polar surface area (TPSA) is 57.9 Å². The molecule has 0 amide bonds. The van der Waals surface area contributed by atoms with Gasteiger partial charge in [-0.2, -0.15) is 5.26 Å². The maximum Gasteiger partial charge on any atom is 0.194 e. The quantitative estimate of drug-likeness (QED) is 0.826. The van der Waals surface area contributed by atoms with Crippen LogP contribution in [0.25, 0.3) is 0 Å². The first-order valence-corrected chi connectivity index (χ1v) is 7.21. The Morgan fingerprint density at radius 3 is 2.12 bits per heavy atom. The van der Waals surface area contributed by atoms with E-state index in [1.165, 1.54) is 0 Å². The molecule has 0 bridgehead atoms. The van der Waals surface area contributed by atoms with Gasteiger partial charge >= 0.3 is 0 Å². The summed E-state index contributed by atoms with van der Waals surface area (Å²) < 4.78 is 24.1. The molecule has 1 aromatic rings. The minimum Gasteiger partial charge on any atom is -0.222 e. The lowest BCUT2D eigenvalue weighted by Gasteiger charge is -2.10. The maximum absolute atomic E-state index is 12.1. The van der Waals surface area contributed by atoms with Crippen LogP contribution in [0.2, 0.25) is 0 Å². The highest BCUT2D eigenvalue weighted by molar-refractivity contribution is 7.92. The zero-order chi connectivity index (χ0) is 13.1. The van der Waals surface area contributed by atoms with Crippen LogP contribution in [0.4, 0.5) is 0 Å². The summed E-state index contributed by atoms with van der Waals surface area (Å²) in [6, 6.07) is 8.63. The number of nitriles is 1. The Balaban J connectivity index is 3.14. The van der Waals surface area contributed by atoms with Crippen molar-refractivity contribution in [2.45, 2.75) is 43.3 Å². The van der Waals surface area contributed by atoms with Crippen molar-refractivity contribution in [2.24, 2.45) is 0 Å². The monoisotopic (exact) mass is 251 g/mol. The Morgan fingerprint density at radius 1 is 1.24 bits per heavy atom. The van der Waals surface area contributed by atoms with Gasteiger partial charge in [0, 0.05) is 0 Å². The molecule has 0 N–H and O–H groups in total. The second-order valence-corrected chi connectivity index (χ2v) is 6.43. The van der Waals surface area contributed by atoms with Gasteiger partial charge in [-0.25, -0.2) is 8.42 Å². The van der Waals surface area contributed by atoms with Gasteiger partial charge in [-0.3, -0.25) is 0 Å². The summed E-state index contributed by atoms with van der Waals surface area (Å²) >= 11 is 0. The summed E-state index contributed by atoms with van der Waals surface area (Å²) in [5.41, 5.74) is 1.09. The number of nitrogens with zero attached hydrogens (tertiary/aromatic N) is 1. The normalized spacial score (nSPS) is 13.4. The first-order chi connectivity index (χ1) is 7.93. The minimum atomic E-state index is -3.50. The number of sulfone groups is 1. The van der Waals surface area contributed by atoms with Gasteiger partial charge in [0.15, 0.2) is 15.1 Å². The van der Waals surface area contributed by atoms with E-state index < -0.39 is 15.1 Å². The van der Waals surface area contributed by atoms with E-state index in [-0.39, 0.29) is 4.90 Å². The van der Waals surface area contributed by atoms with Crippen molar-refractivity contribution in [1.29, 1.82) is 5.26 Å². The summed E-state index contributed by atoms with van der Waals surface area (Å²) in [5, 5.41) is 7.89. The molecule has 1 atom stereocenters. The molecular formula is C13H17NO2S. The van der Waals surface area contributed by atoms with Crippen molar-refractivity contribution in [3.8, 4) is 6.07 Å². The number of benzene rings is 1. The van der Waals surface area contributed by atoms with Gasteiger partial charge in [0.1, 0.15) is 0 Å². The molecule has 3 nitrogen and oxygen atoms in total. The van der Waals surface area contributed by atoms with Crippen LogP contribution in [0.1, 0.15) is 38.7 Å². The number of hydrogen-bond donors (Lipinski definition) is 0. The van der Waals surface area contributed by atoms with Gasteiger partial charge in [0.25, 0.3) is 0 Å². The Labute approximate surface area is 103 Å². The maximum atomic E-state index is 12.1. The summed E-state index contributed by atoms with van der Waals surface area (Å²) in [5.74, 6) is 0.365. The molecule has 1 unspecified atom stereocenters. The van der Waals surface area contributed by atoms with E-state index in [0.29, 0.717) is 12.3 Å². The molecule has 0 fully saturated rings. The highest BCUT2D eigenvalue weighted by Crippen LogP contribution is 2.21. The number of rotatable bonds is 4. The van der Waals surface area contributed by atoms with Crippen LogP contribution in [0.3, 0.4) is 0 Å². The van der Waals surface area contributed by atoms with Crippen LogP contribution in [0.15, 0.2) is 29.2 Å². The molecular weight excluding hydrogens is 234 g/mol. The Bertz CT molecular complexity index is 509. The molecule has 17 heavy (non-hydrogen) atoms. The smallest absolute Gasteiger partial charge is 0.194 e. The molecule has 0 saturated heterocycles. The van der Waals surface area contributed by atoms with Crippen LogP contribution in [-0.2, 0) is 9.84 Å². The van der Waals surface area contributed by atoms with E-state index in [1.807, 2.05) is 32.0 Å². The largest absolute Gasteiger partial charge is 0.222 e. The average molecular weight is 251 g/mol. The van der Waals surface area contributed by atoms with Crippen LogP contribution in [0, 0.1) is 11.3 Å². The lowest BCUT2D eigenvalue weighted by molar-refractivity contribution is 0.587. The van der Waals surface area contributed by atoms with Crippen molar-refractivity contribution in [3.63, 3.8) is 0 Å². The SMILES string of the molecule is CCC(C#N)S(=O)(=O)c1ccc(C(C)C)cc1. The standard InChI is InChI=1S/C13H17NO2S/c1-4-12(9-14)17(15,16)13-7-5-11(6-8-13)10(2)3/h5-8,10,12H,4H2,1-3H3. The lowest BCUT2D eigenvalue weighted by atomic mass is 10.0. The van der Waals surface area contributed by atoms with Crippen molar-refractivity contribution in [1.82, 2.24) is 0 Å². The molecule has 1 rings (SSSR count). The third kappa shape index (κ3) is 2.86. The highest BCUT2D eigenvalue weighted by Gasteiger charge is 2.25. The number of hydrogen-bond acceptors (Lipinski definition) is 3. The van der Waals surface area contributed by atoms with Gasteiger partial charge in [0.2, 0.25) is 0 Å². The van der Waals surface area contributed by atoms with Crippen LogP contribution in [0.5, 0.6) is 0 Å². The minimum absolute atomic E-state index is 0.232. The lowest BCUT2D eigenvalue weighted by Crippen LogP contribution is -2.18. The van der Waals surface area contributed by atoms with Crippen molar-refractivity contribution < 1.29 is 8.42 Å². The summed E-state index contributed by atoms with van der Waals surface area (Å²) in [6.07, 6.45) is 0.310. The van der Waals surface area contributed by atoms with E-state index in [9.17, 15) is 8.42 Å². The molecule has 0 aromatic heterocycles. The van der Waals surface area contributed by atoms with E-state index in [4.69, 9.17) is 5.26 Å². The zero-order valence-electron chi connectivity index (χ0n) is 10.3. The van der Waals surface area contributed by atoms with Gasteiger partial charge in [0.05, 0.1) is 11.0 Å². The summed E-state index contributed by atoms with van der Waals surface area (Å²) in [7, 11) is -3.50. The van der Waals surface area contributed by atoms with Gasteiger partial charge in [-0.15, -0.1) is 0 Å². The van der Waals surface area contributed by atoms with Crippen LogP contribution < -0.4 is 0 Å². The third-order valence-corrected chi connectivity index (χ3v) is 4.88. The first-order valence-electron chi connectivity index (χ1n) is 5.67. The highest BCUT2D eigenvalue weighted by atomic mass is 32.2. The molecule has 0 aliphatic heterocycles. The van der Waals surface area contributed by atoms with Crippen LogP contribution in [-0.4, -0.2) is 13.7 Å². The Hall–Kier alpha value is -1.34. The predicted molar refractivity (Wildman–Crippen MR) is 67.4 cm³/mol. The molecule has 0 aliphatic carbocycles. The molecule has 0 heterocycles. The van der Waals surface area contributed by atoms with Gasteiger partial charge in [-0.1, -0.05) is 32.9 Å². The van der Waals surface area contributed by atoms with E-state index in [1.54, 1.807) is 19.1 Å². The molecule has 4 heteroatoms. The second-order valence-electron chi connectivity index (χ2n) is 4.29. The summed E-state index contributed by atoms with van der Waals surface area (Å²) in [4.78, 5) is 0.232. The van der Waals surface area contributed by atoms with Crippen molar-refractivity contribution in [2.75, 3.05) is 0 Å². The van der Waals surface area contributed by atoms with Gasteiger partial charge < -0.3 is 0 Å². The summed E-state index contributed by atoms with van der Waals surface area (Å²) in [6.45, 7) is 5.80. The van der Waals surface area contributed by atoms with Crippen LogP contribution >= 0.6 is 0 Å². The van der Waals surface area contributed by atoms with Crippen molar-refractivity contribution in [3.05, 3.63) is 29.8 Å². The molecule has 1 aromatic carbocycles. The fraction of sp³-hybridized carbons (Fsp3) is 0.462. The molecule has 0 aliphatic rings. The van der Waals surface area contributed by atoms with Crippen molar-refractivity contribution >= 4 is 9.84 Å². The van der Waals surface area contributed by atoms with E-state index >= 15 is 0 Å². The average Bonchev–Trinajstić information content (AvgIpc) is 2.30. The van der Waals surface area contributed by atoms with Gasteiger partial charge in [-0.05, 0) is 30.0 Å². The fourth-order valence-corrected chi connectivity index (χ4v) is 3.01. The predicted octanol–water partition coefficient (Wildman–Crippen LogP) is 2.89. The molecule has 0 saturated carbocycles. The second kappa shape index (κ2) is 5.33. The first kappa shape index (κ1) is 13.7. The fourth-order valence-electron chi connectivity index (χ4n) is 1.59. The molecule has 0 spiro atoms. The Kier molecular flexibility index (Phi) is 4.30. The molecule has 92 valence electrons. The zero-order valence-corrected chi connectivity index (χ0v) is 11.2. The third-order valence-electron chi connectivity index (χ3n) is 2.76. The molecule has 0 radical (unpaired) electrons. The van der Waals surface area contributed by atoms with E-state index in [0.717, 1.165) is 5.56 Å².